The number of aromatic hydroxyl groups is 1. The van der Waals surface area contributed by atoms with Crippen LogP contribution in [-0.4, -0.2) is 24.2 Å². The van der Waals surface area contributed by atoms with Crippen LogP contribution in [0, 0.1) is 0 Å². The number of phenolic OH excluding ortho intramolecular Hbond substituents is 1. The zero-order valence-electron chi connectivity index (χ0n) is 14.6. The summed E-state index contributed by atoms with van der Waals surface area (Å²) in [5, 5.41) is 13.6. The van der Waals surface area contributed by atoms with Crippen molar-refractivity contribution in [2.24, 2.45) is 0 Å². The van der Waals surface area contributed by atoms with E-state index in [0.29, 0.717) is 23.7 Å². The molecule has 0 radical (unpaired) electrons. The second-order valence-corrected chi connectivity index (χ2v) is 6.44. The Bertz CT molecular complexity index is 885. The minimum absolute atomic E-state index is 0.0314. The van der Waals surface area contributed by atoms with Crippen LogP contribution in [0.15, 0.2) is 78.9 Å². The molecule has 0 bridgehead atoms. The maximum atomic E-state index is 12.9. The SMILES string of the molecule is O=C(NCCOc1ccccc1)[C@@H](c1ccccc1)c1cc(Cl)ccc1O. The van der Waals surface area contributed by atoms with Crippen molar-refractivity contribution < 1.29 is 14.6 Å². The number of para-hydroxylation sites is 1. The molecular formula is C22H20ClNO3. The summed E-state index contributed by atoms with van der Waals surface area (Å²) in [5.41, 5.74) is 1.24. The molecule has 0 aliphatic heterocycles. The van der Waals surface area contributed by atoms with Crippen LogP contribution in [0.5, 0.6) is 11.5 Å². The van der Waals surface area contributed by atoms with E-state index in [1.807, 2.05) is 60.7 Å². The lowest BCUT2D eigenvalue weighted by molar-refractivity contribution is -0.121. The van der Waals surface area contributed by atoms with E-state index in [2.05, 4.69) is 5.32 Å². The number of phenols is 1. The van der Waals surface area contributed by atoms with E-state index >= 15 is 0 Å². The van der Waals surface area contributed by atoms with Crippen LogP contribution in [0.3, 0.4) is 0 Å². The predicted octanol–water partition coefficient (Wildman–Crippen LogP) is 4.37. The van der Waals surface area contributed by atoms with Gasteiger partial charge in [-0.2, -0.15) is 0 Å². The number of halogens is 1. The monoisotopic (exact) mass is 381 g/mol. The molecule has 0 aliphatic rings. The predicted molar refractivity (Wildman–Crippen MR) is 106 cm³/mol. The summed E-state index contributed by atoms with van der Waals surface area (Å²) < 4.78 is 5.61. The molecule has 0 aromatic heterocycles. The van der Waals surface area contributed by atoms with Crippen LogP contribution in [0.1, 0.15) is 17.0 Å². The summed E-state index contributed by atoms with van der Waals surface area (Å²) >= 11 is 6.08. The van der Waals surface area contributed by atoms with Crippen molar-refractivity contribution in [2.75, 3.05) is 13.2 Å². The number of amides is 1. The van der Waals surface area contributed by atoms with E-state index < -0.39 is 5.92 Å². The second-order valence-electron chi connectivity index (χ2n) is 6.00. The Morgan fingerprint density at radius 3 is 2.37 bits per heavy atom. The maximum Gasteiger partial charge on any atom is 0.232 e. The first-order chi connectivity index (χ1) is 13.1. The van der Waals surface area contributed by atoms with Crippen LogP contribution in [0.4, 0.5) is 0 Å². The summed E-state index contributed by atoms with van der Waals surface area (Å²) in [6.07, 6.45) is 0. The lowest BCUT2D eigenvalue weighted by atomic mass is 9.90. The van der Waals surface area contributed by atoms with Gasteiger partial charge >= 0.3 is 0 Å². The zero-order valence-corrected chi connectivity index (χ0v) is 15.4. The molecule has 5 heteroatoms. The van der Waals surface area contributed by atoms with E-state index in [1.165, 1.54) is 6.07 Å². The summed E-state index contributed by atoms with van der Waals surface area (Å²) in [5.74, 6) is -0.111. The highest BCUT2D eigenvalue weighted by atomic mass is 35.5. The third-order valence-electron chi connectivity index (χ3n) is 4.11. The number of benzene rings is 3. The highest BCUT2D eigenvalue weighted by Gasteiger charge is 2.25. The fourth-order valence-electron chi connectivity index (χ4n) is 2.84. The fourth-order valence-corrected chi connectivity index (χ4v) is 3.02. The lowest BCUT2D eigenvalue weighted by Crippen LogP contribution is -2.33. The van der Waals surface area contributed by atoms with E-state index in [-0.39, 0.29) is 11.7 Å². The Kier molecular flexibility index (Phi) is 6.34. The molecule has 0 fully saturated rings. The van der Waals surface area contributed by atoms with Crippen molar-refractivity contribution in [1.29, 1.82) is 0 Å². The van der Waals surface area contributed by atoms with Gasteiger partial charge in [0.2, 0.25) is 5.91 Å². The van der Waals surface area contributed by atoms with Gasteiger partial charge in [0.1, 0.15) is 18.1 Å². The van der Waals surface area contributed by atoms with Gasteiger partial charge in [0.25, 0.3) is 0 Å². The van der Waals surface area contributed by atoms with Gasteiger partial charge in [-0.1, -0.05) is 60.1 Å². The van der Waals surface area contributed by atoms with Crippen LogP contribution in [0.25, 0.3) is 0 Å². The first-order valence-corrected chi connectivity index (χ1v) is 9.02. The molecule has 3 aromatic rings. The van der Waals surface area contributed by atoms with Crippen molar-refractivity contribution in [2.45, 2.75) is 5.92 Å². The second kappa shape index (κ2) is 9.10. The molecule has 0 unspecified atom stereocenters. The third kappa shape index (κ3) is 5.02. The summed E-state index contributed by atoms with van der Waals surface area (Å²) in [4.78, 5) is 12.9. The summed E-state index contributed by atoms with van der Waals surface area (Å²) in [6.45, 7) is 0.692. The van der Waals surface area contributed by atoms with E-state index in [9.17, 15) is 9.90 Å². The highest BCUT2D eigenvalue weighted by Crippen LogP contribution is 2.33. The summed E-state index contributed by atoms with van der Waals surface area (Å²) in [6, 6.07) is 23.4. The van der Waals surface area contributed by atoms with Crippen LogP contribution >= 0.6 is 11.6 Å². The van der Waals surface area contributed by atoms with Crippen LogP contribution < -0.4 is 10.1 Å². The quantitative estimate of drug-likeness (QED) is 0.597. The minimum atomic E-state index is -0.665. The number of carbonyl (C=O) groups is 1. The molecule has 27 heavy (non-hydrogen) atoms. The smallest absolute Gasteiger partial charge is 0.232 e. The standard InChI is InChI=1S/C22H20ClNO3/c23-17-11-12-20(25)19(15-17)21(16-7-3-1-4-8-16)22(26)24-13-14-27-18-9-5-2-6-10-18/h1-12,15,21,25H,13-14H2,(H,24,26)/t21-/m0/s1. The molecule has 1 amide bonds. The molecule has 0 saturated heterocycles. The Morgan fingerprint density at radius 1 is 1.00 bits per heavy atom. The topological polar surface area (TPSA) is 58.6 Å². The average molecular weight is 382 g/mol. The largest absolute Gasteiger partial charge is 0.508 e. The van der Waals surface area contributed by atoms with Gasteiger partial charge in [0, 0.05) is 10.6 Å². The normalized spacial score (nSPS) is 11.6. The number of hydrogen-bond donors (Lipinski definition) is 2. The first kappa shape index (κ1) is 18.8. The molecular weight excluding hydrogens is 362 g/mol. The van der Waals surface area contributed by atoms with Crippen LogP contribution in [-0.2, 0) is 4.79 Å². The minimum Gasteiger partial charge on any atom is -0.508 e. The van der Waals surface area contributed by atoms with E-state index in [4.69, 9.17) is 16.3 Å². The van der Waals surface area contributed by atoms with Crippen molar-refractivity contribution in [3.05, 3.63) is 95.0 Å². The Morgan fingerprint density at radius 2 is 1.67 bits per heavy atom. The van der Waals surface area contributed by atoms with Gasteiger partial charge in [-0.05, 0) is 35.9 Å². The van der Waals surface area contributed by atoms with Gasteiger partial charge in [0.05, 0.1) is 12.5 Å². The Balaban J connectivity index is 1.73. The molecule has 0 saturated carbocycles. The third-order valence-corrected chi connectivity index (χ3v) is 4.34. The maximum absolute atomic E-state index is 12.9. The van der Waals surface area contributed by atoms with Crippen molar-refractivity contribution in [3.8, 4) is 11.5 Å². The van der Waals surface area contributed by atoms with Crippen molar-refractivity contribution >= 4 is 17.5 Å². The molecule has 0 aliphatic carbocycles. The molecule has 3 aromatic carbocycles. The number of rotatable bonds is 7. The van der Waals surface area contributed by atoms with Gasteiger partial charge < -0.3 is 15.2 Å². The van der Waals surface area contributed by atoms with Crippen LogP contribution in [0.2, 0.25) is 5.02 Å². The molecule has 0 heterocycles. The number of nitrogens with one attached hydrogen (secondary N) is 1. The zero-order chi connectivity index (χ0) is 19.1. The van der Waals surface area contributed by atoms with Gasteiger partial charge in [-0.15, -0.1) is 0 Å². The average Bonchev–Trinajstić information content (AvgIpc) is 2.70. The molecule has 138 valence electrons. The number of ether oxygens (including phenoxy) is 1. The highest BCUT2D eigenvalue weighted by molar-refractivity contribution is 6.30. The molecule has 1 atom stereocenters. The molecule has 0 spiro atoms. The fraction of sp³-hybridized carbons (Fsp3) is 0.136. The number of carbonyl (C=O) groups excluding carboxylic acids is 1. The van der Waals surface area contributed by atoms with E-state index in [0.717, 1.165) is 11.3 Å². The molecule has 3 rings (SSSR count). The van der Waals surface area contributed by atoms with Crippen molar-refractivity contribution in [3.63, 3.8) is 0 Å². The van der Waals surface area contributed by atoms with E-state index in [1.54, 1.807) is 12.1 Å². The van der Waals surface area contributed by atoms with Gasteiger partial charge in [0.15, 0.2) is 0 Å². The van der Waals surface area contributed by atoms with Gasteiger partial charge in [-0.25, -0.2) is 0 Å². The number of hydrogen-bond acceptors (Lipinski definition) is 3. The Labute approximate surface area is 163 Å². The lowest BCUT2D eigenvalue weighted by Gasteiger charge is -2.19. The van der Waals surface area contributed by atoms with Gasteiger partial charge in [-0.3, -0.25) is 4.79 Å². The Hall–Kier alpha value is -2.98. The van der Waals surface area contributed by atoms with Crippen molar-refractivity contribution in [1.82, 2.24) is 5.32 Å². The molecule has 4 nitrogen and oxygen atoms in total. The first-order valence-electron chi connectivity index (χ1n) is 8.64. The summed E-state index contributed by atoms with van der Waals surface area (Å²) in [7, 11) is 0. The molecule has 2 N–H and O–H groups in total.